The Balaban J connectivity index is 4.55. The molecule has 0 unspecified atom stereocenters. The fraction of sp³-hybridized carbons (Fsp3) is 0.900. The van der Waals surface area contributed by atoms with Crippen molar-refractivity contribution in [2.45, 2.75) is 26.2 Å². The summed E-state index contributed by atoms with van der Waals surface area (Å²) in [5, 5.41) is 11.3. The molecule has 0 aliphatic heterocycles. The van der Waals surface area contributed by atoms with Gasteiger partial charge in [-0.1, -0.05) is 18.5 Å². The smallest absolute Gasteiger partial charge is 0.214 e. The van der Waals surface area contributed by atoms with Crippen LogP contribution in [0.25, 0.3) is 0 Å². The molecule has 3 N–H and O–H groups in total. The predicted octanol–water partition coefficient (Wildman–Crippen LogP) is 0.201. The van der Waals surface area contributed by atoms with Crippen LogP contribution in [0.4, 0.5) is 0 Å². The average Bonchev–Trinajstić information content (AvgIpc) is 2.35. The Morgan fingerprint density at radius 2 is 2.11 bits per heavy atom. The number of sulfonamides is 1. The quantitative estimate of drug-likeness (QED) is 0.257. The lowest BCUT2D eigenvalue weighted by Gasteiger charge is -2.21. The fourth-order valence-corrected chi connectivity index (χ4v) is 2.96. The topological polar surface area (TPSA) is 105 Å². The van der Waals surface area contributed by atoms with Crippen LogP contribution in [0.15, 0.2) is 5.16 Å². The number of ether oxygens (including phenoxy) is 1. The van der Waals surface area contributed by atoms with Crippen molar-refractivity contribution in [1.29, 1.82) is 0 Å². The summed E-state index contributed by atoms with van der Waals surface area (Å²) in [6, 6.07) is 0. The van der Waals surface area contributed by atoms with Gasteiger partial charge in [-0.05, 0) is 6.42 Å². The van der Waals surface area contributed by atoms with Crippen LogP contribution in [0, 0.1) is 0 Å². The van der Waals surface area contributed by atoms with Crippen LogP contribution >= 0.6 is 0 Å². The highest BCUT2D eigenvalue weighted by atomic mass is 32.2. The van der Waals surface area contributed by atoms with Gasteiger partial charge in [-0.15, -0.1) is 0 Å². The standard InChI is InChI=1S/C10H23N3O4S/c1-3-4-9-18(15,16)13(7-8-17-2)6-5-10(11)12-14/h14H,3-9H2,1-2H3,(H2,11,12). The summed E-state index contributed by atoms with van der Waals surface area (Å²) in [6.07, 6.45) is 1.64. The number of methoxy groups -OCH3 is 1. The van der Waals surface area contributed by atoms with Gasteiger partial charge in [0.2, 0.25) is 10.0 Å². The molecule has 8 heteroatoms. The Morgan fingerprint density at radius 1 is 1.44 bits per heavy atom. The highest BCUT2D eigenvalue weighted by Gasteiger charge is 2.21. The number of hydrogen-bond donors (Lipinski definition) is 2. The molecular formula is C10H23N3O4S. The van der Waals surface area contributed by atoms with Gasteiger partial charge in [0, 0.05) is 26.6 Å². The zero-order valence-corrected chi connectivity index (χ0v) is 11.8. The number of amidine groups is 1. The van der Waals surface area contributed by atoms with Crippen LogP contribution < -0.4 is 5.73 Å². The maximum absolute atomic E-state index is 12.0. The van der Waals surface area contributed by atoms with E-state index in [-0.39, 0.29) is 31.1 Å². The van der Waals surface area contributed by atoms with E-state index in [1.807, 2.05) is 6.92 Å². The summed E-state index contributed by atoms with van der Waals surface area (Å²) < 4.78 is 30.3. The van der Waals surface area contributed by atoms with Gasteiger partial charge < -0.3 is 15.7 Å². The molecule has 0 spiro atoms. The summed E-state index contributed by atoms with van der Waals surface area (Å²) in [4.78, 5) is 0. The predicted molar refractivity (Wildman–Crippen MR) is 70.2 cm³/mol. The van der Waals surface area contributed by atoms with Crippen molar-refractivity contribution in [2.75, 3.05) is 32.6 Å². The zero-order chi connectivity index (χ0) is 14.0. The molecule has 18 heavy (non-hydrogen) atoms. The number of oxime groups is 1. The van der Waals surface area contributed by atoms with Crippen LogP contribution in [-0.2, 0) is 14.8 Å². The lowest BCUT2D eigenvalue weighted by atomic mass is 10.4. The van der Waals surface area contributed by atoms with Gasteiger partial charge in [-0.3, -0.25) is 0 Å². The molecule has 0 aliphatic carbocycles. The molecule has 0 radical (unpaired) electrons. The third-order valence-electron chi connectivity index (χ3n) is 2.44. The molecule has 0 aliphatic rings. The van der Waals surface area contributed by atoms with Crippen molar-refractivity contribution in [3.05, 3.63) is 0 Å². The molecule has 7 nitrogen and oxygen atoms in total. The number of unbranched alkanes of at least 4 members (excludes halogenated alkanes) is 1. The molecule has 0 heterocycles. The summed E-state index contributed by atoms with van der Waals surface area (Å²) in [5.74, 6) is 0.131. The van der Waals surface area contributed by atoms with Crippen molar-refractivity contribution in [2.24, 2.45) is 10.9 Å². The molecule has 0 aromatic heterocycles. The van der Waals surface area contributed by atoms with Gasteiger partial charge >= 0.3 is 0 Å². The SMILES string of the molecule is CCCCS(=O)(=O)N(CCOC)CCC(N)=NO. The van der Waals surface area contributed by atoms with Crippen molar-refractivity contribution in [1.82, 2.24) is 4.31 Å². The number of nitrogens with two attached hydrogens (primary N) is 1. The van der Waals surface area contributed by atoms with E-state index in [4.69, 9.17) is 15.7 Å². The second kappa shape index (κ2) is 9.12. The lowest BCUT2D eigenvalue weighted by molar-refractivity contribution is 0.179. The summed E-state index contributed by atoms with van der Waals surface area (Å²) in [7, 11) is -1.79. The summed E-state index contributed by atoms with van der Waals surface area (Å²) in [6.45, 7) is 2.74. The second-order valence-electron chi connectivity index (χ2n) is 3.90. The second-order valence-corrected chi connectivity index (χ2v) is 5.99. The van der Waals surface area contributed by atoms with Crippen LogP contribution in [0.2, 0.25) is 0 Å². The maximum atomic E-state index is 12.0. The first-order valence-electron chi connectivity index (χ1n) is 5.91. The van der Waals surface area contributed by atoms with Crippen molar-refractivity contribution < 1.29 is 18.4 Å². The van der Waals surface area contributed by atoms with E-state index < -0.39 is 10.0 Å². The monoisotopic (exact) mass is 281 g/mol. The van der Waals surface area contributed by atoms with Crippen LogP contribution in [-0.4, -0.2) is 56.3 Å². The molecular weight excluding hydrogens is 258 g/mol. The Labute approximate surface area is 109 Å². The summed E-state index contributed by atoms with van der Waals surface area (Å²) >= 11 is 0. The van der Waals surface area contributed by atoms with E-state index in [9.17, 15) is 8.42 Å². The van der Waals surface area contributed by atoms with Gasteiger partial charge in [0.25, 0.3) is 0 Å². The molecule has 0 bridgehead atoms. The van der Waals surface area contributed by atoms with Crippen LogP contribution in [0.1, 0.15) is 26.2 Å². The van der Waals surface area contributed by atoms with E-state index in [2.05, 4.69) is 5.16 Å². The van der Waals surface area contributed by atoms with Gasteiger partial charge in [-0.2, -0.15) is 4.31 Å². The number of rotatable bonds is 10. The maximum Gasteiger partial charge on any atom is 0.214 e. The van der Waals surface area contributed by atoms with E-state index in [0.717, 1.165) is 6.42 Å². The number of hydrogen-bond acceptors (Lipinski definition) is 5. The first-order chi connectivity index (χ1) is 8.47. The Kier molecular flexibility index (Phi) is 8.69. The number of nitrogens with zero attached hydrogens (tertiary/aromatic N) is 2. The van der Waals surface area contributed by atoms with Crippen LogP contribution in [0.5, 0.6) is 0 Å². The van der Waals surface area contributed by atoms with E-state index in [1.54, 1.807) is 0 Å². The third-order valence-corrected chi connectivity index (χ3v) is 4.40. The fourth-order valence-electron chi connectivity index (χ4n) is 1.33. The Hall–Kier alpha value is -0.860. The molecule has 0 saturated carbocycles. The molecule has 0 aromatic rings. The molecule has 0 amide bonds. The van der Waals surface area contributed by atoms with Gasteiger partial charge in [0.1, 0.15) is 5.84 Å². The van der Waals surface area contributed by atoms with Crippen molar-refractivity contribution in [3.63, 3.8) is 0 Å². The van der Waals surface area contributed by atoms with E-state index in [0.29, 0.717) is 13.0 Å². The Bertz CT molecular complexity index is 343. The zero-order valence-electron chi connectivity index (χ0n) is 11.0. The van der Waals surface area contributed by atoms with Crippen LogP contribution in [0.3, 0.4) is 0 Å². The minimum absolute atomic E-state index is 0.0168. The first-order valence-corrected chi connectivity index (χ1v) is 7.52. The minimum Gasteiger partial charge on any atom is -0.409 e. The molecule has 0 atom stereocenters. The van der Waals surface area contributed by atoms with Crippen molar-refractivity contribution >= 4 is 15.9 Å². The largest absolute Gasteiger partial charge is 0.409 e. The molecule has 108 valence electrons. The molecule has 0 aromatic carbocycles. The molecule has 0 saturated heterocycles. The van der Waals surface area contributed by atoms with Crippen molar-refractivity contribution in [3.8, 4) is 0 Å². The first kappa shape index (κ1) is 17.1. The molecule has 0 rings (SSSR count). The van der Waals surface area contributed by atoms with Gasteiger partial charge in [0.05, 0.1) is 12.4 Å². The highest BCUT2D eigenvalue weighted by Crippen LogP contribution is 2.06. The normalized spacial score (nSPS) is 13.2. The highest BCUT2D eigenvalue weighted by molar-refractivity contribution is 7.89. The molecule has 0 fully saturated rings. The Morgan fingerprint density at radius 3 is 2.61 bits per heavy atom. The van der Waals surface area contributed by atoms with Gasteiger partial charge in [-0.25, -0.2) is 8.42 Å². The average molecular weight is 281 g/mol. The minimum atomic E-state index is -3.30. The van der Waals surface area contributed by atoms with E-state index in [1.165, 1.54) is 11.4 Å². The van der Waals surface area contributed by atoms with Gasteiger partial charge in [0.15, 0.2) is 0 Å². The lowest BCUT2D eigenvalue weighted by Crippen LogP contribution is -2.37. The van der Waals surface area contributed by atoms with E-state index >= 15 is 0 Å². The summed E-state index contributed by atoms with van der Waals surface area (Å²) in [5.41, 5.74) is 5.34. The third kappa shape index (κ3) is 6.77.